The lowest BCUT2D eigenvalue weighted by atomic mass is 10.0. The number of amides is 2. The van der Waals surface area contributed by atoms with E-state index in [-0.39, 0.29) is 23.5 Å². The van der Waals surface area contributed by atoms with Gasteiger partial charge in [0.2, 0.25) is 5.91 Å². The molecule has 0 aliphatic carbocycles. The molecule has 0 aliphatic rings. The van der Waals surface area contributed by atoms with Gasteiger partial charge in [0, 0.05) is 12.2 Å². The second-order valence-electron chi connectivity index (χ2n) is 9.01. The van der Waals surface area contributed by atoms with Gasteiger partial charge in [-0.15, -0.1) is 16.8 Å². The van der Waals surface area contributed by atoms with Gasteiger partial charge < -0.3 is 19.9 Å². The molecule has 0 aliphatic heterocycles. The summed E-state index contributed by atoms with van der Waals surface area (Å²) in [5.74, 6) is -0.0576. The molecule has 0 unspecified atom stereocenters. The summed E-state index contributed by atoms with van der Waals surface area (Å²) in [5.41, 5.74) is 1.34. The summed E-state index contributed by atoms with van der Waals surface area (Å²) in [7, 11) is 0. The molecule has 11 heteroatoms. The molecule has 2 N–H and O–H groups in total. The summed E-state index contributed by atoms with van der Waals surface area (Å²) in [6.45, 7) is 10.4. The molecule has 1 aromatic heterocycles. The number of nitrogens with zero attached hydrogens (tertiary/aromatic N) is 3. The van der Waals surface area contributed by atoms with Crippen molar-refractivity contribution in [1.82, 2.24) is 20.1 Å². The fourth-order valence-electron chi connectivity index (χ4n) is 3.78. The number of hydrogen-bond donors (Lipinski definition) is 2. The number of thioether (sulfide) groups is 1. The number of allylic oxidation sites excluding steroid dienone is 1. The van der Waals surface area contributed by atoms with Crippen LogP contribution in [0, 0.1) is 5.92 Å². The van der Waals surface area contributed by atoms with Crippen molar-refractivity contribution in [2.75, 3.05) is 17.7 Å². The first-order chi connectivity index (χ1) is 18.7. The predicted molar refractivity (Wildman–Crippen MR) is 153 cm³/mol. The maximum atomic E-state index is 13.0. The second-order valence-corrected chi connectivity index (χ2v) is 10.4. The highest BCUT2D eigenvalue weighted by Gasteiger charge is 2.25. The van der Waals surface area contributed by atoms with Gasteiger partial charge in [-0.1, -0.05) is 55.4 Å². The van der Waals surface area contributed by atoms with E-state index in [1.54, 1.807) is 61.5 Å². The van der Waals surface area contributed by atoms with Gasteiger partial charge in [-0.3, -0.25) is 9.59 Å². The Kier molecular flexibility index (Phi) is 11.1. The smallest absolute Gasteiger partial charge is 0.338 e. The third-order valence-corrected chi connectivity index (χ3v) is 6.81. The molecule has 2 aromatic carbocycles. The first-order valence-electron chi connectivity index (χ1n) is 12.5. The number of rotatable bonds is 13. The Hall–Kier alpha value is -3.63. The van der Waals surface area contributed by atoms with E-state index in [2.05, 4.69) is 41.3 Å². The zero-order valence-corrected chi connectivity index (χ0v) is 23.7. The Bertz CT molecular complexity index is 1310. The molecule has 0 saturated heterocycles. The van der Waals surface area contributed by atoms with Gasteiger partial charge in [-0.05, 0) is 55.7 Å². The van der Waals surface area contributed by atoms with Gasteiger partial charge in [0.25, 0.3) is 5.91 Å². The van der Waals surface area contributed by atoms with Crippen LogP contribution >= 0.6 is 23.4 Å². The highest BCUT2D eigenvalue weighted by Crippen LogP contribution is 2.26. The fourth-order valence-corrected chi connectivity index (χ4v) is 4.75. The van der Waals surface area contributed by atoms with Gasteiger partial charge in [0.15, 0.2) is 11.0 Å². The molecule has 0 spiro atoms. The summed E-state index contributed by atoms with van der Waals surface area (Å²) in [4.78, 5) is 37.5. The number of hydrogen-bond acceptors (Lipinski definition) is 7. The number of aromatic nitrogens is 3. The van der Waals surface area contributed by atoms with Gasteiger partial charge >= 0.3 is 5.97 Å². The maximum absolute atomic E-state index is 13.0. The Morgan fingerprint density at radius 1 is 1.13 bits per heavy atom. The van der Waals surface area contributed by atoms with E-state index in [1.807, 2.05) is 4.57 Å². The monoisotopic (exact) mass is 569 g/mol. The van der Waals surface area contributed by atoms with Gasteiger partial charge in [-0.25, -0.2) is 4.79 Å². The van der Waals surface area contributed by atoms with Crippen molar-refractivity contribution in [2.24, 2.45) is 5.92 Å². The van der Waals surface area contributed by atoms with Crippen LogP contribution in [0.15, 0.2) is 66.3 Å². The summed E-state index contributed by atoms with van der Waals surface area (Å²) in [6, 6.07) is 12.9. The summed E-state index contributed by atoms with van der Waals surface area (Å²) >= 11 is 7.46. The molecule has 2 amide bonds. The highest BCUT2D eigenvalue weighted by molar-refractivity contribution is 7.99. The molecule has 1 heterocycles. The summed E-state index contributed by atoms with van der Waals surface area (Å²) in [6.07, 6.45) is 2.34. The quantitative estimate of drug-likeness (QED) is 0.158. The average Bonchev–Trinajstić information content (AvgIpc) is 3.30. The van der Waals surface area contributed by atoms with E-state index in [9.17, 15) is 14.4 Å². The number of nitrogens with one attached hydrogen (secondary N) is 2. The molecule has 0 radical (unpaired) electrons. The van der Waals surface area contributed by atoms with Crippen LogP contribution in [-0.2, 0) is 16.1 Å². The van der Waals surface area contributed by atoms with Crippen LogP contribution in [0.3, 0.4) is 0 Å². The normalized spacial score (nSPS) is 11.6. The minimum atomic E-state index is -0.428. The van der Waals surface area contributed by atoms with E-state index >= 15 is 0 Å². The number of ether oxygens (including phenoxy) is 1. The molecular formula is C28H32ClN5O4S. The Balaban J connectivity index is 1.71. The predicted octanol–water partition coefficient (Wildman–Crippen LogP) is 5.54. The lowest BCUT2D eigenvalue weighted by Gasteiger charge is -2.21. The van der Waals surface area contributed by atoms with E-state index in [0.717, 1.165) is 0 Å². The molecule has 1 atom stereocenters. The standard InChI is InChI=1S/C28H32ClN5O4S/c1-5-15-34-25(23(16-18(3)4)31-26(36)21-9-7-8-10-22(21)29)32-33-28(34)39-17-24(35)30-20-13-11-19(12-14-20)27(37)38-6-2/h5,7-14,18,23H,1,6,15-17H2,2-4H3,(H,30,35)(H,31,36)/t23-/m1/s1. The van der Waals surface area contributed by atoms with E-state index in [1.165, 1.54) is 11.8 Å². The Morgan fingerprint density at radius 3 is 2.49 bits per heavy atom. The number of benzene rings is 2. The molecule has 206 valence electrons. The maximum Gasteiger partial charge on any atom is 0.338 e. The average molecular weight is 570 g/mol. The second kappa shape index (κ2) is 14.5. The molecule has 39 heavy (non-hydrogen) atoms. The third-order valence-electron chi connectivity index (χ3n) is 5.51. The zero-order valence-electron chi connectivity index (χ0n) is 22.1. The fraction of sp³-hybridized carbons (Fsp3) is 0.321. The molecule has 3 rings (SSSR count). The Morgan fingerprint density at radius 2 is 1.85 bits per heavy atom. The van der Waals surface area contributed by atoms with Gasteiger partial charge in [0.1, 0.15) is 0 Å². The molecule has 3 aromatic rings. The van der Waals surface area contributed by atoms with Crippen LogP contribution in [0.25, 0.3) is 0 Å². The topological polar surface area (TPSA) is 115 Å². The van der Waals surface area contributed by atoms with Crippen LogP contribution in [-0.4, -0.2) is 44.9 Å². The van der Waals surface area contributed by atoms with Crippen molar-refractivity contribution < 1.29 is 19.1 Å². The van der Waals surface area contributed by atoms with Crippen molar-refractivity contribution in [3.8, 4) is 0 Å². The van der Waals surface area contributed by atoms with Crippen molar-refractivity contribution >= 4 is 46.8 Å². The first kappa shape index (κ1) is 29.9. The van der Waals surface area contributed by atoms with Crippen LogP contribution < -0.4 is 10.6 Å². The van der Waals surface area contributed by atoms with Gasteiger partial charge in [0.05, 0.1) is 34.6 Å². The number of esters is 1. The van der Waals surface area contributed by atoms with E-state index in [4.69, 9.17) is 16.3 Å². The minimum Gasteiger partial charge on any atom is -0.462 e. The van der Waals surface area contributed by atoms with Gasteiger partial charge in [-0.2, -0.15) is 0 Å². The lowest BCUT2D eigenvalue weighted by Crippen LogP contribution is -2.32. The largest absolute Gasteiger partial charge is 0.462 e. The number of carbonyl (C=O) groups excluding carboxylic acids is 3. The minimum absolute atomic E-state index is 0.0791. The molecule has 0 saturated carbocycles. The third kappa shape index (κ3) is 8.43. The van der Waals surface area contributed by atoms with Crippen LogP contribution in [0.1, 0.15) is 59.8 Å². The Labute approximate surface area is 237 Å². The zero-order chi connectivity index (χ0) is 28.4. The molecule has 0 fully saturated rings. The van der Waals surface area contributed by atoms with Crippen LogP contribution in [0.4, 0.5) is 5.69 Å². The summed E-state index contributed by atoms with van der Waals surface area (Å²) < 4.78 is 6.82. The van der Waals surface area contributed by atoms with E-state index < -0.39 is 12.0 Å². The summed E-state index contributed by atoms with van der Waals surface area (Å²) in [5, 5.41) is 15.4. The van der Waals surface area contributed by atoms with E-state index in [0.29, 0.717) is 52.4 Å². The molecule has 0 bridgehead atoms. The number of anilines is 1. The van der Waals surface area contributed by atoms with Crippen molar-refractivity contribution in [3.05, 3.63) is 83.2 Å². The number of carbonyl (C=O) groups is 3. The first-order valence-corrected chi connectivity index (χ1v) is 13.9. The van der Waals surface area contributed by atoms with Crippen molar-refractivity contribution in [1.29, 1.82) is 0 Å². The molecular weight excluding hydrogens is 538 g/mol. The number of halogens is 1. The van der Waals surface area contributed by atoms with Crippen LogP contribution in [0.2, 0.25) is 5.02 Å². The van der Waals surface area contributed by atoms with Crippen molar-refractivity contribution in [3.63, 3.8) is 0 Å². The highest BCUT2D eigenvalue weighted by atomic mass is 35.5. The molecule has 9 nitrogen and oxygen atoms in total. The van der Waals surface area contributed by atoms with Crippen LogP contribution in [0.5, 0.6) is 0 Å². The SMILES string of the molecule is C=CCn1c(SCC(=O)Nc2ccc(C(=O)OCC)cc2)nnc1[C@@H](CC(C)C)NC(=O)c1ccccc1Cl. The van der Waals surface area contributed by atoms with Crippen molar-refractivity contribution in [2.45, 2.75) is 44.9 Å². The lowest BCUT2D eigenvalue weighted by molar-refractivity contribution is -0.113.